The van der Waals surface area contributed by atoms with Crippen LogP contribution in [-0.2, 0) is 10.2 Å². The molecule has 1 aromatic rings. The van der Waals surface area contributed by atoms with E-state index >= 15 is 0 Å². The highest BCUT2D eigenvalue weighted by molar-refractivity contribution is 5.79. The Labute approximate surface area is 149 Å². The number of benzene rings is 1. The number of nitrogens with one attached hydrogen (secondary N) is 2. The first-order chi connectivity index (χ1) is 12.3. The number of hydrogen-bond acceptors (Lipinski definition) is 4. The fourth-order valence-corrected chi connectivity index (χ4v) is 4.50. The van der Waals surface area contributed by atoms with E-state index in [1.54, 1.807) is 0 Å². The van der Waals surface area contributed by atoms with Gasteiger partial charge in [0, 0.05) is 18.5 Å². The van der Waals surface area contributed by atoms with E-state index in [1.807, 2.05) is 6.07 Å². The maximum Gasteiger partial charge on any atom is 0.231 e. The zero-order valence-corrected chi connectivity index (χ0v) is 14.8. The van der Waals surface area contributed by atoms with Crippen molar-refractivity contribution in [3.8, 4) is 11.5 Å². The van der Waals surface area contributed by atoms with E-state index in [2.05, 4.69) is 22.8 Å². The highest BCUT2D eigenvalue weighted by atomic mass is 16.7. The van der Waals surface area contributed by atoms with Crippen molar-refractivity contribution in [2.24, 2.45) is 5.92 Å². The molecule has 2 heterocycles. The van der Waals surface area contributed by atoms with Crippen molar-refractivity contribution in [3.05, 3.63) is 23.8 Å². The van der Waals surface area contributed by atoms with Gasteiger partial charge in [-0.25, -0.2) is 0 Å². The first-order valence-corrected chi connectivity index (χ1v) is 9.65. The van der Waals surface area contributed by atoms with E-state index in [1.165, 1.54) is 24.8 Å². The Kier molecular flexibility index (Phi) is 4.84. The molecule has 1 atom stereocenters. The Hall–Kier alpha value is -1.75. The van der Waals surface area contributed by atoms with Gasteiger partial charge in [-0.05, 0) is 49.9 Å². The standard InChI is InChI=1S/C20H28N2O3/c23-19(15-5-4-10-21-12-15)22-13-20(8-2-1-3-9-20)16-6-7-17-18(11-16)25-14-24-17/h6-7,11,15,21H,1-5,8-10,12-14H2,(H,22,23). The lowest BCUT2D eigenvalue weighted by Crippen LogP contribution is -2.46. The van der Waals surface area contributed by atoms with E-state index in [0.29, 0.717) is 6.79 Å². The quantitative estimate of drug-likeness (QED) is 0.882. The van der Waals surface area contributed by atoms with Gasteiger partial charge in [0.25, 0.3) is 0 Å². The molecule has 136 valence electrons. The fraction of sp³-hybridized carbons (Fsp3) is 0.650. The van der Waals surface area contributed by atoms with Gasteiger partial charge >= 0.3 is 0 Å². The maximum atomic E-state index is 12.6. The van der Waals surface area contributed by atoms with Gasteiger partial charge in [-0.15, -0.1) is 0 Å². The molecule has 5 heteroatoms. The van der Waals surface area contributed by atoms with Crippen LogP contribution >= 0.6 is 0 Å². The molecule has 2 N–H and O–H groups in total. The Morgan fingerprint density at radius 1 is 1.16 bits per heavy atom. The summed E-state index contributed by atoms with van der Waals surface area (Å²) in [6.45, 7) is 2.87. The van der Waals surface area contributed by atoms with Crippen molar-refractivity contribution in [2.45, 2.75) is 50.4 Å². The highest BCUT2D eigenvalue weighted by Gasteiger charge is 2.36. The van der Waals surface area contributed by atoms with Gasteiger partial charge in [0.2, 0.25) is 12.7 Å². The van der Waals surface area contributed by atoms with Crippen LogP contribution in [0.25, 0.3) is 0 Å². The number of rotatable bonds is 4. The number of hydrogen-bond donors (Lipinski definition) is 2. The molecule has 1 aliphatic carbocycles. The third kappa shape index (κ3) is 3.47. The minimum absolute atomic E-state index is 0.0248. The Morgan fingerprint density at radius 3 is 2.80 bits per heavy atom. The summed E-state index contributed by atoms with van der Waals surface area (Å²) in [6.07, 6.45) is 8.05. The zero-order chi connectivity index (χ0) is 17.1. The third-order valence-corrected chi connectivity index (χ3v) is 6.06. The molecule has 3 aliphatic rings. The minimum atomic E-state index is 0.0248. The number of piperidine rings is 1. The van der Waals surface area contributed by atoms with Gasteiger partial charge in [0.15, 0.2) is 11.5 Å². The van der Waals surface area contributed by atoms with E-state index in [4.69, 9.17) is 9.47 Å². The zero-order valence-electron chi connectivity index (χ0n) is 14.8. The monoisotopic (exact) mass is 344 g/mol. The second-order valence-corrected chi connectivity index (χ2v) is 7.67. The maximum absolute atomic E-state index is 12.6. The Balaban J connectivity index is 1.50. The van der Waals surface area contributed by atoms with Gasteiger partial charge in [0.05, 0.1) is 5.92 Å². The summed E-state index contributed by atoms with van der Waals surface area (Å²) < 4.78 is 11.0. The van der Waals surface area contributed by atoms with Crippen LogP contribution in [0.2, 0.25) is 0 Å². The smallest absolute Gasteiger partial charge is 0.231 e. The van der Waals surface area contributed by atoms with Crippen molar-refractivity contribution in [1.82, 2.24) is 10.6 Å². The van der Waals surface area contributed by atoms with Crippen molar-refractivity contribution >= 4 is 5.91 Å². The summed E-state index contributed by atoms with van der Waals surface area (Å²) >= 11 is 0. The van der Waals surface area contributed by atoms with Crippen molar-refractivity contribution in [1.29, 1.82) is 0 Å². The predicted octanol–water partition coefficient (Wildman–Crippen LogP) is 2.73. The lowest BCUT2D eigenvalue weighted by Gasteiger charge is -2.38. The molecule has 1 unspecified atom stereocenters. The van der Waals surface area contributed by atoms with Crippen LogP contribution in [0.3, 0.4) is 0 Å². The summed E-state index contributed by atoms with van der Waals surface area (Å²) in [5.74, 6) is 1.99. The van der Waals surface area contributed by atoms with E-state index in [0.717, 1.165) is 56.8 Å². The van der Waals surface area contributed by atoms with Crippen LogP contribution in [0.15, 0.2) is 18.2 Å². The first-order valence-electron chi connectivity index (χ1n) is 9.65. The number of amides is 1. The summed E-state index contributed by atoms with van der Waals surface area (Å²) in [4.78, 5) is 12.6. The van der Waals surface area contributed by atoms with Crippen LogP contribution in [0.4, 0.5) is 0 Å². The van der Waals surface area contributed by atoms with Crippen molar-refractivity contribution in [2.75, 3.05) is 26.4 Å². The highest BCUT2D eigenvalue weighted by Crippen LogP contribution is 2.43. The molecule has 0 bridgehead atoms. The largest absolute Gasteiger partial charge is 0.454 e. The summed E-state index contributed by atoms with van der Waals surface area (Å²) in [6, 6.07) is 6.30. The third-order valence-electron chi connectivity index (χ3n) is 6.06. The van der Waals surface area contributed by atoms with Gasteiger partial charge in [0.1, 0.15) is 0 Å². The van der Waals surface area contributed by atoms with E-state index < -0.39 is 0 Å². The second-order valence-electron chi connectivity index (χ2n) is 7.67. The number of ether oxygens (including phenoxy) is 2. The SMILES string of the molecule is O=C(NCC1(c2ccc3c(c2)OCO3)CCCCC1)C1CCCNC1. The van der Waals surface area contributed by atoms with Crippen LogP contribution in [0.1, 0.15) is 50.5 Å². The number of carbonyl (C=O) groups is 1. The topological polar surface area (TPSA) is 59.6 Å². The molecule has 25 heavy (non-hydrogen) atoms. The molecule has 0 spiro atoms. The molecule has 5 nitrogen and oxygen atoms in total. The molecule has 1 amide bonds. The van der Waals surface area contributed by atoms with Gasteiger partial charge in [-0.1, -0.05) is 25.3 Å². The normalized spacial score (nSPS) is 24.7. The molecule has 4 rings (SSSR count). The molecular formula is C20H28N2O3. The second kappa shape index (κ2) is 7.24. The number of carbonyl (C=O) groups excluding carboxylic acids is 1. The van der Waals surface area contributed by atoms with Crippen LogP contribution in [0.5, 0.6) is 11.5 Å². The van der Waals surface area contributed by atoms with E-state index in [9.17, 15) is 4.79 Å². The van der Waals surface area contributed by atoms with Crippen LogP contribution in [0, 0.1) is 5.92 Å². The molecule has 2 aliphatic heterocycles. The van der Waals surface area contributed by atoms with Crippen molar-refractivity contribution in [3.63, 3.8) is 0 Å². The Morgan fingerprint density at radius 2 is 2.00 bits per heavy atom. The molecule has 1 aromatic carbocycles. The lowest BCUT2D eigenvalue weighted by atomic mass is 9.69. The fourth-order valence-electron chi connectivity index (χ4n) is 4.50. The summed E-state index contributed by atoms with van der Waals surface area (Å²) in [5.41, 5.74) is 1.30. The summed E-state index contributed by atoms with van der Waals surface area (Å²) in [7, 11) is 0. The average molecular weight is 344 g/mol. The van der Waals surface area contributed by atoms with Crippen LogP contribution in [-0.4, -0.2) is 32.3 Å². The molecule has 1 saturated heterocycles. The molecule has 0 aromatic heterocycles. The van der Waals surface area contributed by atoms with Gasteiger partial charge in [-0.2, -0.15) is 0 Å². The Bertz CT molecular complexity index is 619. The first kappa shape index (κ1) is 16.7. The molecule has 2 fully saturated rings. The summed E-state index contributed by atoms with van der Waals surface area (Å²) in [5, 5.41) is 6.61. The van der Waals surface area contributed by atoms with Crippen molar-refractivity contribution < 1.29 is 14.3 Å². The minimum Gasteiger partial charge on any atom is -0.454 e. The molecule has 1 saturated carbocycles. The van der Waals surface area contributed by atoms with E-state index in [-0.39, 0.29) is 17.2 Å². The predicted molar refractivity (Wildman–Crippen MR) is 95.9 cm³/mol. The average Bonchev–Trinajstić information content (AvgIpc) is 3.15. The lowest BCUT2D eigenvalue weighted by molar-refractivity contribution is -0.125. The molecule has 0 radical (unpaired) electrons. The number of fused-ring (bicyclic) bond motifs is 1. The van der Waals surface area contributed by atoms with Gasteiger partial charge < -0.3 is 20.1 Å². The molecular weight excluding hydrogens is 316 g/mol. The van der Waals surface area contributed by atoms with Crippen LogP contribution < -0.4 is 20.1 Å². The van der Waals surface area contributed by atoms with Gasteiger partial charge in [-0.3, -0.25) is 4.79 Å².